The van der Waals surface area contributed by atoms with Gasteiger partial charge in [-0.2, -0.15) is 0 Å². The second-order valence-electron chi connectivity index (χ2n) is 3.84. The lowest BCUT2D eigenvalue weighted by molar-refractivity contribution is 0.00492. The molecule has 0 heterocycles. The highest BCUT2D eigenvalue weighted by Gasteiger charge is 2.08. The number of rotatable bonds is 5. The van der Waals surface area contributed by atoms with Gasteiger partial charge in [0.2, 0.25) is 0 Å². The van der Waals surface area contributed by atoms with Crippen molar-refractivity contribution >= 4 is 0 Å². The normalized spacial score (nSPS) is 13.1. The number of ether oxygens (including phenoxy) is 1. The quantitative estimate of drug-likeness (QED) is 0.774. The fraction of sp³-hybridized carbons (Fsp3) is 0.500. The highest BCUT2D eigenvalue weighted by Crippen LogP contribution is 2.14. The molecule has 0 spiro atoms. The van der Waals surface area contributed by atoms with Gasteiger partial charge in [-0.1, -0.05) is 24.3 Å². The average molecular weight is 209 g/mol. The number of benzene rings is 1. The Labute approximate surface area is 90.9 Å². The predicted molar refractivity (Wildman–Crippen MR) is 60.4 cm³/mol. The van der Waals surface area contributed by atoms with Crippen LogP contribution < -0.4 is 5.73 Å². The first-order chi connectivity index (χ1) is 7.13. The molecule has 0 saturated heterocycles. The third-order valence-corrected chi connectivity index (χ3v) is 2.19. The van der Waals surface area contributed by atoms with E-state index >= 15 is 0 Å². The zero-order valence-corrected chi connectivity index (χ0v) is 9.31. The van der Waals surface area contributed by atoms with Gasteiger partial charge in [0.05, 0.1) is 12.7 Å². The zero-order chi connectivity index (χ0) is 11.3. The average Bonchev–Trinajstić information content (AvgIpc) is 2.26. The molecular formula is C12H19NO2. The molecule has 0 aliphatic carbocycles. The highest BCUT2D eigenvalue weighted by atomic mass is 16.5. The van der Waals surface area contributed by atoms with Crippen molar-refractivity contribution in [2.75, 3.05) is 6.61 Å². The van der Waals surface area contributed by atoms with E-state index in [1.165, 1.54) is 0 Å². The van der Waals surface area contributed by atoms with Crippen LogP contribution >= 0.6 is 0 Å². The van der Waals surface area contributed by atoms with Crippen LogP contribution in [0.1, 0.15) is 31.1 Å². The molecule has 1 atom stereocenters. The summed E-state index contributed by atoms with van der Waals surface area (Å²) in [6.45, 7) is 4.76. The first kappa shape index (κ1) is 12.2. The largest absolute Gasteiger partial charge is 0.386 e. The molecule has 1 rings (SSSR count). The SMILES string of the molecule is CC(C)OCC(O)c1ccc(CN)cc1. The third-order valence-electron chi connectivity index (χ3n) is 2.19. The van der Waals surface area contributed by atoms with Crippen LogP contribution in [0.2, 0.25) is 0 Å². The molecule has 15 heavy (non-hydrogen) atoms. The first-order valence-corrected chi connectivity index (χ1v) is 5.22. The summed E-state index contributed by atoms with van der Waals surface area (Å²) in [5.41, 5.74) is 7.42. The van der Waals surface area contributed by atoms with E-state index in [1.807, 2.05) is 38.1 Å². The number of aliphatic hydroxyl groups is 1. The molecule has 0 saturated carbocycles. The van der Waals surface area contributed by atoms with E-state index in [9.17, 15) is 5.11 Å². The van der Waals surface area contributed by atoms with E-state index in [0.717, 1.165) is 11.1 Å². The lowest BCUT2D eigenvalue weighted by Crippen LogP contribution is -2.11. The molecule has 1 unspecified atom stereocenters. The van der Waals surface area contributed by atoms with Gasteiger partial charge in [-0.3, -0.25) is 0 Å². The Balaban J connectivity index is 2.54. The molecule has 0 aliphatic rings. The van der Waals surface area contributed by atoms with Gasteiger partial charge in [0.25, 0.3) is 0 Å². The van der Waals surface area contributed by atoms with Gasteiger partial charge in [0.15, 0.2) is 0 Å². The maximum absolute atomic E-state index is 9.78. The van der Waals surface area contributed by atoms with Crippen molar-refractivity contribution < 1.29 is 9.84 Å². The topological polar surface area (TPSA) is 55.5 Å². The summed E-state index contributed by atoms with van der Waals surface area (Å²) in [6.07, 6.45) is -0.415. The fourth-order valence-corrected chi connectivity index (χ4v) is 1.26. The third kappa shape index (κ3) is 4.00. The monoisotopic (exact) mass is 209 g/mol. The summed E-state index contributed by atoms with van der Waals surface area (Å²) in [4.78, 5) is 0. The Hall–Kier alpha value is -0.900. The maximum Gasteiger partial charge on any atom is 0.102 e. The van der Waals surface area contributed by atoms with Crippen LogP contribution in [0, 0.1) is 0 Å². The van der Waals surface area contributed by atoms with Gasteiger partial charge >= 0.3 is 0 Å². The second kappa shape index (κ2) is 5.85. The summed E-state index contributed by atoms with van der Waals surface area (Å²) < 4.78 is 5.34. The summed E-state index contributed by atoms with van der Waals surface area (Å²) >= 11 is 0. The molecule has 1 aromatic rings. The Morgan fingerprint density at radius 1 is 1.27 bits per heavy atom. The number of nitrogens with two attached hydrogens (primary N) is 1. The smallest absolute Gasteiger partial charge is 0.102 e. The molecule has 3 nitrogen and oxygen atoms in total. The van der Waals surface area contributed by atoms with Crippen molar-refractivity contribution in [2.45, 2.75) is 32.6 Å². The number of hydrogen-bond donors (Lipinski definition) is 2. The van der Waals surface area contributed by atoms with Gasteiger partial charge in [0, 0.05) is 6.54 Å². The van der Waals surface area contributed by atoms with Gasteiger partial charge < -0.3 is 15.6 Å². The summed E-state index contributed by atoms with van der Waals surface area (Å²) in [6, 6.07) is 7.62. The van der Waals surface area contributed by atoms with Crippen molar-refractivity contribution in [1.29, 1.82) is 0 Å². The Morgan fingerprint density at radius 3 is 2.33 bits per heavy atom. The van der Waals surface area contributed by atoms with Crippen molar-refractivity contribution in [1.82, 2.24) is 0 Å². The van der Waals surface area contributed by atoms with Crippen LogP contribution in [0.25, 0.3) is 0 Å². The lowest BCUT2D eigenvalue weighted by atomic mass is 10.1. The van der Waals surface area contributed by atoms with E-state index < -0.39 is 6.10 Å². The molecule has 0 amide bonds. The molecule has 0 aliphatic heterocycles. The van der Waals surface area contributed by atoms with Crippen LogP contribution in [0.4, 0.5) is 0 Å². The Morgan fingerprint density at radius 2 is 1.87 bits per heavy atom. The van der Waals surface area contributed by atoms with Gasteiger partial charge in [-0.15, -0.1) is 0 Å². The Kier molecular flexibility index (Phi) is 4.75. The van der Waals surface area contributed by atoms with Crippen LogP contribution in [0.15, 0.2) is 24.3 Å². The first-order valence-electron chi connectivity index (χ1n) is 5.22. The van der Waals surface area contributed by atoms with Crippen molar-refractivity contribution in [3.8, 4) is 0 Å². The zero-order valence-electron chi connectivity index (χ0n) is 9.31. The van der Waals surface area contributed by atoms with E-state index in [-0.39, 0.29) is 6.10 Å². The van der Waals surface area contributed by atoms with Gasteiger partial charge in [0.1, 0.15) is 6.10 Å². The van der Waals surface area contributed by atoms with Crippen molar-refractivity contribution in [2.24, 2.45) is 5.73 Å². The fourth-order valence-electron chi connectivity index (χ4n) is 1.26. The molecule has 0 bridgehead atoms. The summed E-state index contributed by atoms with van der Waals surface area (Å²) in [5, 5.41) is 9.78. The van der Waals surface area contributed by atoms with Crippen molar-refractivity contribution in [3.63, 3.8) is 0 Å². The molecule has 1 aromatic carbocycles. The summed E-state index contributed by atoms with van der Waals surface area (Å²) in [5.74, 6) is 0. The maximum atomic E-state index is 9.78. The molecule has 0 aromatic heterocycles. The predicted octanol–water partition coefficient (Wildman–Crippen LogP) is 1.60. The van der Waals surface area contributed by atoms with E-state index in [4.69, 9.17) is 10.5 Å². The van der Waals surface area contributed by atoms with E-state index in [0.29, 0.717) is 13.2 Å². The van der Waals surface area contributed by atoms with E-state index in [1.54, 1.807) is 0 Å². The Bertz CT molecular complexity index is 282. The second-order valence-corrected chi connectivity index (χ2v) is 3.84. The highest BCUT2D eigenvalue weighted by molar-refractivity contribution is 5.23. The van der Waals surface area contributed by atoms with Gasteiger partial charge in [-0.25, -0.2) is 0 Å². The number of aliphatic hydroxyl groups excluding tert-OH is 1. The van der Waals surface area contributed by atoms with Crippen LogP contribution in [0.5, 0.6) is 0 Å². The standard InChI is InChI=1S/C12H19NO2/c1-9(2)15-8-12(14)11-5-3-10(7-13)4-6-11/h3-6,9,12,14H,7-8,13H2,1-2H3. The lowest BCUT2D eigenvalue weighted by Gasteiger charge is -2.14. The minimum Gasteiger partial charge on any atom is -0.386 e. The molecule has 0 radical (unpaired) electrons. The minimum absolute atomic E-state index is 0.142. The van der Waals surface area contributed by atoms with E-state index in [2.05, 4.69) is 0 Å². The molecule has 84 valence electrons. The number of hydrogen-bond acceptors (Lipinski definition) is 3. The van der Waals surface area contributed by atoms with Crippen LogP contribution in [-0.4, -0.2) is 17.8 Å². The minimum atomic E-state index is -0.556. The summed E-state index contributed by atoms with van der Waals surface area (Å²) in [7, 11) is 0. The molecule has 3 heteroatoms. The molecular weight excluding hydrogens is 190 g/mol. The van der Waals surface area contributed by atoms with Crippen LogP contribution in [-0.2, 0) is 11.3 Å². The van der Waals surface area contributed by atoms with Crippen molar-refractivity contribution in [3.05, 3.63) is 35.4 Å². The van der Waals surface area contributed by atoms with Gasteiger partial charge in [-0.05, 0) is 25.0 Å². The van der Waals surface area contributed by atoms with Crippen LogP contribution in [0.3, 0.4) is 0 Å². The molecule has 0 fully saturated rings. The molecule has 3 N–H and O–H groups in total.